The molecule has 3 N–H and O–H groups in total. The molecule has 1 aliphatic rings. The van der Waals surface area contributed by atoms with Crippen molar-refractivity contribution in [2.75, 3.05) is 7.11 Å². The van der Waals surface area contributed by atoms with Crippen LogP contribution in [0.1, 0.15) is 17.2 Å². The van der Waals surface area contributed by atoms with Gasteiger partial charge in [-0.2, -0.15) is 0 Å². The fourth-order valence-electron chi connectivity index (χ4n) is 2.79. The predicted molar refractivity (Wildman–Crippen MR) is 86.2 cm³/mol. The largest absolute Gasteiger partial charge is 1.00 e. The molecule has 0 bridgehead atoms. The molecule has 0 aromatic heterocycles. The van der Waals surface area contributed by atoms with Crippen LogP contribution in [0.5, 0.6) is 28.7 Å². The van der Waals surface area contributed by atoms with Gasteiger partial charge in [-0.15, -0.1) is 0 Å². The first-order valence-corrected chi connectivity index (χ1v) is 8.74. The van der Waals surface area contributed by atoms with Gasteiger partial charge in [0.2, 0.25) is 0 Å². The molecule has 0 aliphatic carbocycles. The molecule has 140 valence electrons. The Morgan fingerprint density at radius 2 is 1.89 bits per heavy atom. The van der Waals surface area contributed by atoms with Crippen molar-refractivity contribution in [1.82, 2.24) is 0 Å². The molecule has 11 heteroatoms. The fraction of sp³-hybridized carbons (Fsp3) is 0.250. The second kappa shape index (κ2) is 8.13. The Hall–Kier alpha value is -1.69. The van der Waals surface area contributed by atoms with Gasteiger partial charge >= 0.3 is 29.6 Å². The van der Waals surface area contributed by atoms with Gasteiger partial charge in [0.1, 0.15) is 17.6 Å². The number of rotatable bonds is 4. The molecular weight excluding hydrogens is 391 g/mol. The zero-order chi connectivity index (χ0) is 19.1. The molecule has 1 aliphatic heterocycles. The minimum Gasteiger partial charge on any atom is -0.716 e. The predicted octanol–water partition coefficient (Wildman–Crippen LogP) is -2.01. The fourth-order valence-corrected chi connectivity index (χ4v) is 3.16. The van der Waals surface area contributed by atoms with Crippen LogP contribution in [-0.2, 0) is 16.8 Å². The number of phenolic OH excluding ortho intramolecular Hbond substituents is 2. The Morgan fingerprint density at radius 1 is 1.19 bits per heavy atom. The van der Waals surface area contributed by atoms with E-state index in [0.29, 0.717) is 5.56 Å². The van der Waals surface area contributed by atoms with Crippen LogP contribution in [0, 0.1) is 0 Å². The first-order valence-electron chi connectivity index (χ1n) is 7.40. The summed E-state index contributed by atoms with van der Waals surface area (Å²) in [7, 11) is -3.69. The standard InChI is InChI=1S/C16H16O9S.Na/c1-23-15-4-8(2-3-11(15)18)16-12(19)7-10-13(24-16)5-9(17)6-14(10)25-26(20,21)22;/h2-6,12,16-19H,7H2,1H3,(H,20,21,22);/q;+1/p-1/t12-,16-;/m1./s1. The third-order valence-corrected chi connectivity index (χ3v) is 4.28. The summed E-state index contributed by atoms with van der Waals surface area (Å²) in [5.74, 6) is -0.625. The van der Waals surface area contributed by atoms with Crippen LogP contribution in [0.3, 0.4) is 0 Å². The van der Waals surface area contributed by atoms with E-state index in [1.165, 1.54) is 31.4 Å². The SMILES string of the molecule is COc1cc([C@H]2Oc3cc(O)cc(OS(=O)(=O)[O-])c3C[C@H]2O)ccc1O.[Na+]. The van der Waals surface area contributed by atoms with Crippen molar-refractivity contribution < 1.29 is 71.5 Å². The van der Waals surface area contributed by atoms with Crippen LogP contribution in [0.2, 0.25) is 0 Å². The summed E-state index contributed by atoms with van der Waals surface area (Å²) < 4.78 is 47.6. The molecule has 3 rings (SSSR count). The molecule has 2 aromatic rings. The number of aromatic hydroxyl groups is 2. The van der Waals surface area contributed by atoms with Crippen molar-refractivity contribution in [3.05, 3.63) is 41.5 Å². The minimum absolute atomic E-state index is 0. The number of hydrogen-bond donors (Lipinski definition) is 3. The number of phenols is 2. The monoisotopic (exact) mass is 406 g/mol. The van der Waals surface area contributed by atoms with E-state index >= 15 is 0 Å². The van der Waals surface area contributed by atoms with E-state index < -0.39 is 28.4 Å². The summed E-state index contributed by atoms with van der Waals surface area (Å²) in [6.45, 7) is 0. The Labute approximate surface area is 177 Å². The van der Waals surface area contributed by atoms with Gasteiger partial charge in [0.05, 0.1) is 13.2 Å². The smallest absolute Gasteiger partial charge is 0.716 e. The molecule has 0 radical (unpaired) electrons. The van der Waals surface area contributed by atoms with E-state index in [9.17, 15) is 28.3 Å². The minimum atomic E-state index is -5.07. The summed E-state index contributed by atoms with van der Waals surface area (Å²) >= 11 is 0. The summed E-state index contributed by atoms with van der Waals surface area (Å²) in [6.07, 6.45) is -2.08. The van der Waals surface area contributed by atoms with Gasteiger partial charge in [-0.05, 0) is 17.7 Å². The van der Waals surface area contributed by atoms with Gasteiger partial charge in [-0.25, -0.2) is 8.42 Å². The van der Waals surface area contributed by atoms with Gasteiger partial charge < -0.3 is 33.5 Å². The van der Waals surface area contributed by atoms with Crippen molar-refractivity contribution in [2.24, 2.45) is 0 Å². The van der Waals surface area contributed by atoms with E-state index in [1.54, 1.807) is 0 Å². The molecule has 0 unspecified atom stereocenters. The maximum absolute atomic E-state index is 10.9. The summed E-state index contributed by atoms with van der Waals surface area (Å²) in [6, 6.07) is 6.56. The second-order valence-corrected chi connectivity index (χ2v) is 6.64. The van der Waals surface area contributed by atoms with Crippen LogP contribution >= 0.6 is 0 Å². The second-order valence-electron chi connectivity index (χ2n) is 5.65. The zero-order valence-electron chi connectivity index (χ0n) is 14.4. The topological polar surface area (TPSA) is 146 Å². The quantitative estimate of drug-likeness (QED) is 0.298. The van der Waals surface area contributed by atoms with Crippen molar-refractivity contribution in [1.29, 1.82) is 0 Å². The van der Waals surface area contributed by atoms with Crippen LogP contribution < -0.4 is 43.2 Å². The number of aliphatic hydroxyl groups excluding tert-OH is 1. The maximum atomic E-state index is 10.9. The molecule has 2 aromatic carbocycles. The summed E-state index contributed by atoms with van der Waals surface area (Å²) in [5, 5.41) is 29.8. The molecular formula is C16H15NaO9S. The first-order chi connectivity index (χ1) is 12.2. The van der Waals surface area contributed by atoms with Crippen LogP contribution in [-0.4, -0.2) is 41.5 Å². The van der Waals surface area contributed by atoms with E-state index in [0.717, 1.165) is 6.07 Å². The van der Waals surface area contributed by atoms with Crippen LogP contribution in [0.15, 0.2) is 30.3 Å². The average molecular weight is 406 g/mol. The van der Waals surface area contributed by atoms with E-state index in [4.69, 9.17) is 9.47 Å². The van der Waals surface area contributed by atoms with Crippen molar-refractivity contribution in [3.8, 4) is 28.7 Å². The average Bonchev–Trinajstić information content (AvgIpc) is 2.54. The van der Waals surface area contributed by atoms with Crippen LogP contribution in [0.4, 0.5) is 0 Å². The Morgan fingerprint density at radius 3 is 2.52 bits per heavy atom. The molecule has 0 fully saturated rings. The van der Waals surface area contributed by atoms with Crippen molar-refractivity contribution >= 4 is 10.4 Å². The summed E-state index contributed by atoms with van der Waals surface area (Å²) in [4.78, 5) is 0. The molecule has 0 spiro atoms. The number of aliphatic hydroxyl groups is 1. The number of benzene rings is 2. The Balaban J connectivity index is 0.00000261. The van der Waals surface area contributed by atoms with Gasteiger partial charge in [-0.1, -0.05) is 6.07 Å². The molecule has 0 amide bonds. The van der Waals surface area contributed by atoms with Crippen molar-refractivity contribution in [3.63, 3.8) is 0 Å². The number of methoxy groups -OCH3 is 1. The van der Waals surface area contributed by atoms with E-state index in [1.807, 2.05) is 0 Å². The third kappa shape index (κ3) is 4.78. The number of ether oxygens (including phenoxy) is 2. The van der Waals surface area contributed by atoms with Crippen LogP contribution in [0.25, 0.3) is 0 Å². The number of hydrogen-bond acceptors (Lipinski definition) is 9. The van der Waals surface area contributed by atoms with E-state index in [-0.39, 0.29) is 64.5 Å². The van der Waals surface area contributed by atoms with E-state index in [2.05, 4.69) is 4.18 Å². The van der Waals surface area contributed by atoms with Crippen molar-refractivity contribution in [2.45, 2.75) is 18.6 Å². The normalized spacial score (nSPS) is 18.6. The zero-order valence-corrected chi connectivity index (χ0v) is 17.3. The van der Waals surface area contributed by atoms with Gasteiger partial charge in [0.15, 0.2) is 17.2 Å². The molecule has 9 nitrogen and oxygen atoms in total. The third-order valence-electron chi connectivity index (χ3n) is 3.89. The summed E-state index contributed by atoms with van der Waals surface area (Å²) in [5.41, 5.74) is 0.622. The van der Waals surface area contributed by atoms with Gasteiger partial charge in [-0.3, -0.25) is 0 Å². The Bertz CT molecular complexity index is 945. The van der Waals surface area contributed by atoms with Gasteiger partial charge in [0.25, 0.3) is 10.4 Å². The Kier molecular flexibility index (Phi) is 6.51. The molecule has 0 saturated carbocycles. The molecule has 1 heterocycles. The molecule has 0 saturated heterocycles. The molecule has 2 atom stereocenters. The maximum Gasteiger partial charge on any atom is 1.00 e. The number of fused-ring (bicyclic) bond motifs is 1. The van der Waals surface area contributed by atoms with Gasteiger partial charge in [0, 0.05) is 24.1 Å². The first kappa shape index (κ1) is 21.6. The molecule has 27 heavy (non-hydrogen) atoms.